The van der Waals surface area contributed by atoms with E-state index in [0.29, 0.717) is 6.54 Å². The Kier molecular flexibility index (Phi) is 2.01. The normalized spacial score (nSPS) is 10.9. The zero-order chi connectivity index (χ0) is 9.42. The van der Waals surface area contributed by atoms with Gasteiger partial charge in [0.05, 0.1) is 5.52 Å². The Bertz CT molecular complexity index is 450. The lowest BCUT2D eigenvalue weighted by molar-refractivity contribution is 0.480. The van der Waals surface area contributed by atoms with Crippen LogP contribution in [0.4, 0.5) is 0 Å². The number of aromatic amines is 1. The molecule has 0 saturated carbocycles. The van der Waals surface area contributed by atoms with Gasteiger partial charge >= 0.3 is 0 Å². The van der Waals surface area contributed by atoms with Crippen LogP contribution < -0.4 is 5.73 Å². The first-order valence-electron chi connectivity index (χ1n) is 3.92. The molecule has 4 N–H and O–H groups in total. The Morgan fingerprint density at radius 3 is 2.85 bits per heavy atom. The van der Waals surface area contributed by atoms with Gasteiger partial charge in [0.2, 0.25) is 0 Å². The van der Waals surface area contributed by atoms with Crippen LogP contribution in [0.1, 0.15) is 5.69 Å². The largest absolute Gasteiger partial charge is 0.506 e. The van der Waals surface area contributed by atoms with Gasteiger partial charge < -0.3 is 15.8 Å². The second-order valence-electron chi connectivity index (χ2n) is 2.82. The van der Waals surface area contributed by atoms with Crippen molar-refractivity contribution in [2.24, 2.45) is 5.73 Å². The summed E-state index contributed by atoms with van der Waals surface area (Å²) in [6.45, 7) is 0.425. The van der Waals surface area contributed by atoms with Gasteiger partial charge in [-0.15, -0.1) is 0 Å². The summed E-state index contributed by atoms with van der Waals surface area (Å²) in [5.74, 6) is 0.248. The summed E-state index contributed by atoms with van der Waals surface area (Å²) < 4.78 is 0.931. The van der Waals surface area contributed by atoms with Gasteiger partial charge in [0, 0.05) is 22.1 Å². The fourth-order valence-electron chi connectivity index (χ4n) is 1.36. The van der Waals surface area contributed by atoms with Gasteiger partial charge in [0.1, 0.15) is 5.75 Å². The molecular formula is C9H9BrN2O. The number of hydrogen-bond donors (Lipinski definition) is 3. The zero-order valence-electron chi connectivity index (χ0n) is 6.84. The number of aromatic nitrogens is 1. The van der Waals surface area contributed by atoms with Crippen molar-refractivity contribution in [1.82, 2.24) is 4.98 Å². The lowest BCUT2D eigenvalue weighted by Gasteiger charge is -1.92. The smallest absolute Gasteiger partial charge is 0.139 e. The number of nitrogens with one attached hydrogen (secondary N) is 1. The molecule has 1 aromatic heterocycles. The first-order valence-corrected chi connectivity index (χ1v) is 4.71. The van der Waals surface area contributed by atoms with Crippen molar-refractivity contribution >= 4 is 26.8 Å². The number of halogens is 1. The van der Waals surface area contributed by atoms with E-state index in [9.17, 15) is 5.11 Å². The van der Waals surface area contributed by atoms with E-state index in [2.05, 4.69) is 20.9 Å². The van der Waals surface area contributed by atoms with Gasteiger partial charge in [0.15, 0.2) is 0 Å². The lowest BCUT2D eigenvalue weighted by Crippen LogP contribution is -1.96. The minimum Gasteiger partial charge on any atom is -0.506 e. The maximum Gasteiger partial charge on any atom is 0.139 e. The molecule has 0 aliphatic heterocycles. The van der Waals surface area contributed by atoms with E-state index in [1.165, 1.54) is 0 Å². The van der Waals surface area contributed by atoms with E-state index in [1.54, 1.807) is 12.1 Å². The maximum absolute atomic E-state index is 9.51. The van der Waals surface area contributed by atoms with E-state index in [0.717, 1.165) is 21.1 Å². The average Bonchev–Trinajstić information content (AvgIpc) is 2.45. The van der Waals surface area contributed by atoms with Gasteiger partial charge in [-0.3, -0.25) is 0 Å². The predicted molar refractivity (Wildman–Crippen MR) is 55.6 cm³/mol. The molecule has 1 aromatic carbocycles. The standard InChI is InChI=1S/C9H9BrN2O/c10-8-5-2-1-3-7(13)9(5)12-6(8)4-11/h1-3,12-13H,4,11H2. The summed E-state index contributed by atoms with van der Waals surface area (Å²) in [6.07, 6.45) is 0. The van der Waals surface area contributed by atoms with Gasteiger partial charge in [-0.05, 0) is 22.0 Å². The minimum atomic E-state index is 0.248. The molecule has 0 saturated heterocycles. The summed E-state index contributed by atoms with van der Waals surface area (Å²) in [5, 5.41) is 10.5. The van der Waals surface area contributed by atoms with Crippen molar-refractivity contribution in [1.29, 1.82) is 0 Å². The van der Waals surface area contributed by atoms with Gasteiger partial charge in [-0.25, -0.2) is 0 Å². The molecule has 0 spiro atoms. The summed E-state index contributed by atoms with van der Waals surface area (Å²) in [5.41, 5.74) is 7.15. The lowest BCUT2D eigenvalue weighted by atomic mass is 10.2. The number of fused-ring (bicyclic) bond motifs is 1. The third-order valence-corrected chi connectivity index (χ3v) is 2.93. The zero-order valence-corrected chi connectivity index (χ0v) is 8.43. The fourth-order valence-corrected chi connectivity index (χ4v) is 1.95. The van der Waals surface area contributed by atoms with Crippen LogP contribution >= 0.6 is 15.9 Å². The van der Waals surface area contributed by atoms with Crippen LogP contribution in [0, 0.1) is 0 Å². The number of para-hydroxylation sites is 1. The molecule has 2 rings (SSSR count). The first kappa shape index (κ1) is 8.59. The van der Waals surface area contributed by atoms with E-state index < -0.39 is 0 Å². The van der Waals surface area contributed by atoms with Crippen LogP contribution in [0.3, 0.4) is 0 Å². The summed E-state index contributed by atoms with van der Waals surface area (Å²) in [7, 11) is 0. The summed E-state index contributed by atoms with van der Waals surface area (Å²) >= 11 is 3.42. The van der Waals surface area contributed by atoms with Gasteiger partial charge in [-0.2, -0.15) is 0 Å². The third-order valence-electron chi connectivity index (χ3n) is 2.02. The van der Waals surface area contributed by atoms with Crippen molar-refractivity contribution in [3.63, 3.8) is 0 Å². The first-order chi connectivity index (χ1) is 6.24. The monoisotopic (exact) mass is 240 g/mol. The number of phenolic OH excluding ortho intramolecular Hbond substituents is 1. The van der Waals surface area contributed by atoms with Crippen molar-refractivity contribution in [2.75, 3.05) is 0 Å². The van der Waals surface area contributed by atoms with Crippen LogP contribution in [-0.2, 0) is 6.54 Å². The van der Waals surface area contributed by atoms with Crippen molar-refractivity contribution in [3.05, 3.63) is 28.4 Å². The van der Waals surface area contributed by atoms with Crippen LogP contribution in [-0.4, -0.2) is 10.1 Å². The Morgan fingerprint density at radius 2 is 2.23 bits per heavy atom. The van der Waals surface area contributed by atoms with Gasteiger partial charge in [-0.1, -0.05) is 12.1 Å². The molecule has 0 fully saturated rings. The number of hydrogen-bond acceptors (Lipinski definition) is 2. The molecule has 1 heterocycles. The fraction of sp³-hybridized carbons (Fsp3) is 0.111. The van der Waals surface area contributed by atoms with Crippen LogP contribution in [0.2, 0.25) is 0 Å². The number of H-pyrrole nitrogens is 1. The molecule has 0 radical (unpaired) electrons. The summed E-state index contributed by atoms with van der Waals surface area (Å²) in [4.78, 5) is 3.06. The Morgan fingerprint density at radius 1 is 1.46 bits per heavy atom. The highest BCUT2D eigenvalue weighted by Gasteiger charge is 2.09. The molecular weight excluding hydrogens is 232 g/mol. The molecule has 4 heteroatoms. The minimum absolute atomic E-state index is 0.248. The second kappa shape index (κ2) is 3.05. The quantitative estimate of drug-likeness (QED) is 0.715. The number of nitrogens with two attached hydrogens (primary N) is 1. The molecule has 0 unspecified atom stereocenters. The Hall–Kier alpha value is -1.00. The summed E-state index contributed by atoms with van der Waals surface area (Å²) in [6, 6.07) is 5.37. The topological polar surface area (TPSA) is 62.0 Å². The van der Waals surface area contributed by atoms with Crippen molar-refractivity contribution in [3.8, 4) is 5.75 Å². The van der Waals surface area contributed by atoms with E-state index in [-0.39, 0.29) is 5.75 Å². The second-order valence-corrected chi connectivity index (χ2v) is 3.61. The SMILES string of the molecule is NCc1[nH]c2c(O)cccc2c1Br. The molecule has 0 aliphatic carbocycles. The van der Waals surface area contributed by atoms with Crippen LogP contribution in [0.25, 0.3) is 10.9 Å². The third kappa shape index (κ3) is 1.22. The van der Waals surface area contributed by atoms with Crippen LogP contribution in [0.5, 0.6) is 5.75 Å². The molecule has 3 nitrogen and oxygen atoms in total. The highest BCUT2D eigenvalue weighted by Crippen LogP contribution is 2.32. The molecule has 0 amide bonds. The molecule has 68 valence electrons. The van der Waals surface area contributed by atoms with Gasteiger partial charge in [0.25, 0.3) is 0 Å². The van der Waals surface area contributed by atoms with Crippen molar-refractivity contribution in [2.45, 2.75) is 6.54 Å². The van der Waals surface area contributed by atoms with E-state index in [1.807, 2.05) is 6.07 Å². The highest BCUT2D eigenvalue weighted by atomic mass is 79.9. The number of benzene rings is 1. The Balaban J connectivity index is 2.83. The molecule has 0 aliphatic rings. The van der Waals surface area contributed by atoms with E-state index in [4.69, 9.17) is 5.73 Å². The molecule has 0 bridgehead atoms. The van der Waals surface area contributed by atoms with Crippen molar-refractivity contribution < 1.29 is 5.11 Å². The molecule has 0 atom stereocenters. The molecule has 2 aromatic rings. The average molecular weight is 241 g/mol. The number of phenols is 1. The number of aromatic hydroxyl groups is 1. The number of rotatable bonds is 1. The highest BCUT2D eigenvalue weighted by molar-refractivity contribution is 9.10. The molecule has 13 heavy (non-hydrogen) atoms. The maximum atomic E-state index is 9.51. The van der Waals surface area contributed by atoms with Crippen LogP contribution in [0.15, 0.2) is 22.7 Å². The van der Waals surface area contributed by atoms with E-state index >= 15 is 0 Å². The predicted octanol–water partition coefficient (Wildman–Crippen LogP) is 2.09. The Labute approximate surface area is 83.7 Å².